The van der Waals surface area contributed by atoms with Crippen molar-refractivity contribution in [3.63, 3.8) is 0 Å². The average Bonchev–Trinajstić information content (AvgIpc) is 2.77. The summed E-state index contributed by atoms with van der Waals surface area (Å²) in [6.07, 6.45) is 1.20. The molecule has 1 fully saturated rings. The normalized spacial score (nSPS) is 39.3. The van der Waals surface area contributed by atoms with Crippen LogP contribution in [-0.2, 0) is 0 Å². The molecule has 0 aromatic heterocycles. The van der Waals surface area contributed by atoms with E-state index in [4.69, 9.17) is 0 Å². The molecule has 4 N–H and O–H groups in total. The van der Waals surface area contributed by atoms with Gasteiger partial charge in [0, 0.05) is 24.3 Å². The molecule has 0 amide bonds. The fourth-order valence-electron chi connectivity index (χ4n) is 2.51. The zero-order valence-corrected chi connectivity index (χ0v) is 11.4. The molecule has 1 heterocycles. The highest BCUT2D eigenvalue weighted by molar-refractivity contribution is 8.14. The molecule has 6 heteroatoms. The smallest absolute Gasteiger partial charge is 0.157 e. The second kappa shape index (κ2) is 6.23. The number of aliphatic hydroxyl groups is 3. The summed E-state index contributed by atoms with van der Waals surface area (Å²) in [6.45, 7) is 2.95. The number of hydrogen-bond donors (Lipinski definition) is 4. The fraction of sp³-hybridized carbons (Fsp3) is 0.917. The van der Waals surface area contributed by atoms with E-state index in [9.17, 15) is 15.3 Å². The van der Waals surface area contributed by atoms with Crippen LogP contribution in [0.5, 0.6) is 0 Å². The summed E-state index contributed by atoms with van der Waals surface area (Å²) in [7, 11) is 0. The van der Waals surface area contributed by atoms with Crippen molar-refractivity contribution in [3.05, 3.63) is 0 Å². The van der Waals surface area contributed by atoms with Crippen molar-refractivity contribution in [2.24, 2.45) is 10.9 Å². The predicted molar refractivity (Wildman–Crippen MR) is 72.7 cm³/mol. The molecule has 2 aliphatic rings. The molecule has 0 unspecified atom stereocenters. The maximum atomic E-state index is 10.0. The van der Waals surface area contributed by atoms with Crippen molar-refractivity contribution in [3.8, 4) is 0 Å². The van der Waals surface area contributed by atoms with Crippen molar-refractivity contribution in [1.82, 2.24) is 5.32 Å². The number of thioether (sulfide) groups is 1. The van der Waals surface area contributed by atoms with Crippen LogP contribution in [0.15, 0.2) is 4.99 Å². The zero-order chi connectivity index (χ0) is 13.1. The van der Waals surface area contributed by atoms with E-state index in [1.165, 1.54) is 0 Å². The molecule has 0 radical (unpaired) electrons. The number of nitrogens with one attached hydrogen (secondary N) is 1. The van der Waals surface area contributed by atoms with Crippen LogP contribution < -0.4 is 5.32 Å². The summed E-state index contributed by atoms with van der Waals surface area (Å²) in [5, 5.41) is 33.4. The SMILES string of the molecule is CCCCNC1=N[C@@H]2[C@@H](O)[C@H](O)[C@@H](CO)C[C@@H]2S1. The molecule has 0 saturated heterocycles. The minimum atomic E-state index is -0.865. The molecule has 5 nitrogen and oxygen atoms in total. The van der Waals surface area contributed by atoms with Gasteiger partial charge in [-0.05, 0) is 12.8 Å². The van der Waals surface area contributed by atoms with Gasteiger partial charge in [-0.1, -0.05) is 25.1 Å². The Morgan fingerprint density at radius 1 is 1.39 bits per heavy atom. The van der Waals surface area contributed by atoms with Gasteiger partial charge in [-0.25, -0.2) is 0 Å². The summed E-state index contributed by atoms with van der Waals surface area (Å²) in [4.78, 5) is 4.46. The van der Waals surface area contributed by atoms with Crippen LogP contribution in [0, 0.1) is 5.92 Å². The number of unbranched alkanes of at least 4 members (excludes halogenated alkanes) is 1. The first-order chi connectivity index (χ1) is 8.67. The third-order valence-electron chi connectivity index (χ3n) is 3.67. The van der Waals surface area contributed by atoms with Crippen LogP contribution in [0.2, 0.25) is 0 Å². The molecule has 0 aromatic carbocycles. The van der Waals surface area contributed by atoms with Crippen LogP contribution in [0.1, 0.15) is 26.2 Å². The van der Waals surface area contributed by atoms with E-state index in [1.54, 1.807) is 11.8 Å². The molecule has 104 valence electrons. The van der Waals surface area contributed by atoms with Gasteiger partial charge in [0.15, 0.2) is 5.17 Å². The molecule has 1 saturated carbocycles. The first kappa shape index (κ1) is 14.1. The first-order valence-corrected chi connectivity index (χ1v) is 7.50. The molecule has 1 aliphatic heterocycles. The van der Waals surface area contributed by atoms with Crippen LogP contribution in [0.25, 0.3) is 0 Å². The minimum absolute atomic E-state index is 0.0827. The lowest BCUT2D eigenvalue weighted by molar-refractivity contribution is -0.0646. The maximum absolute atomic E-state index is 10.0. The van der Waals surface area contributed by atoms with E-state index < -0.39 is 12.2 Å². The van der Waals surface area contributed by atoms with Crippen LogP contribution in [0.3, 0.4) is 0 Å². The van der Waals surface area contributed by atoms with Gasteiger partial charge in [0.05, 0.1) is 12.1 Å². The van der Waals surface area contributed by atoms with Crippen molar-refractivity contribution in [2.75, 3.05) is 13.2 Å². The van der Waals surface area contributed by atoms with E-state index in [0.29, 0.717) is 6.42 Å². The summed E-state index contributed by atoms with van der Waals surface area (Å²) < 4.78 is 0. The van der Waals surface area contributed by atoms with E-state index in [1.807, 2.05) is 0 Å². The lowest BCUT2D eigenvalue weighted by Gasteiger charge is -2.37. The number of amidine groups is 1. The molecule has 2 rings (SSSR count). The highest BCUT2D eigenvalue weighted by Crippen LogP contribution is 2.39. The lowest BCUT2D eigenvalue weighted by Crippen LogP contribution is -2.51. The Hall–Kier alpha value is -0.300. The number of rotatable bonds is 4. The van der Waals surface area contributed by atoms with Gasteiger partial charge in [0.1, 0.15) is 6.10 Å². The predicted octanol–water partition coefficient (Wildman–Crippen LogP) is -0.0499. The zero-order valence-electron chi connectivity index (χ0n) is 10.6. The monoisotopic (exact) mass is 274 g/mol. The minimum Gasteiger partial charge on any atom is -0.396 e. The standard InChI is InChI=1S/C12H22N2O3S/c1-2-3-4-13-12-14-9-8(18-12)5-7(6-15)10(16)11(9)17/h7-11,15-17H,2-6H2,1H3,(H,13,14)/t7-,8+,9+,10-,11-/m1/s1. The molecular weight excluding hydrogens is 252 g/mol. The Morgan fingerprint density at radius 2 is 2.17 bits per heavy atom. The average molecular weight is 274 g/mol. The van der Waals surface area contributed by atoms with Gasteiger partial charge in [-0.15, -0.1) is 0 Å². The Balaban J connectivity index is 1.95. The second-order valence-corrected chi connectivity index (χ2v) is 6.25. The number of aliphatic imine (C=N–C) groups is 1. The van der Waals surface area contributed by atoms with E-state index in [0.717, 1.165) is 24.6 Å². The molecule has 0 spiro atoms. The van der Waals surface area contributed by atoms with Gasteiger partial charge in [0.25, 0.3) is 0 Å². The maximum Gasteiger partial charge on any atom is 0.157 e. The number of hydrogen-bond acceptors (Lipinski definition) is 6. The van der Waals surface area contributed by atoms with Crippen LogP contribution in [0.4, 0.5) is 0 Å². The second-order valence-electron chi connectivity index (χ2n) is 5.02. The van der Waals surface area contributed by atoms with E-state index in [-0.39, 0.29) is 23.8 Å². The fourth-order valence-corrected chi connectivity index (χ4v) is 3.87. The van der Waals surface area contributed by atoms with Crippen molar-refractivity contribution >= 4 is 16.9 Å². The third-order valence-corrected chi connectivity index (χ3v) is 4.92. The van der Waals surface area contributed by atoms with E-state index in [2.05, 4.69) is 17.2 Å². The Labute approximate surface area is 112 Å². The summed E-state index contributed by atoms with van der Waals surface area (Å²) in [6, 6.07) is -0.239. The topological polar surface area (TPSA) is 85.1 Å². The summed E-state index contributed by atoms with van der Waals surface area (Å²) >= 11 is 1.63. The number of aliphatic hydroxyl groups excluding tert-OH is 3. The summed E-state index contributed by atoms with van der Waals surface area (Å²) in [5.74, 6) is -0.237. The van der Waals surface area contributed by atoms with Crippen molar-refractivity contribution in [1.29, 1.82) is 0 Å². The third kappa shape index (κ3) is 2.82. The molecule has 18 heavy (non-hydrogen) atoms. The van der Waals surface area contributed by atoms with Gasteiger partial charge >= 0.3 is 0 Å². The molecule has 5 atom stereocenters. The molecular formula is C12H22N2O3S. The van der Waals surface area contributed by atoms with Gasteiger partial charge in [-0.2, -0.15) is 0 Å². The van der Waals surface area contributed by atoms with E-state index >= 15 is 0 Å². The van der Waals surface area contributed by atoms with Crippen LogP contribution >= 0.6 is 11.8 Å². The number of nitrogens with zero attached hydrogens (tertiary/aromatic N) is 1. The lowest BCUT2D eigenvalue weighted by atomic mass is 9.81. The van der Waals surface area contributed by atoms with Gasteiger partial charge < -0.3 is 20.6 Å². The summed E-state index contributed by atoms with van der Waals surface area (Å²) in [5.41, 5.74) is 0. The largest absolute Gasteiger partial charge is 0.396 e. The molecule has 0 aromatic rings. The number of fused-ring (bicyclic) bond motifs is 1. The Kier molecular flexibility index (Phi) is 4.89. The quantitative estimate of drug-likeness (QED) is 0.540. The highest BCUT2D eigenvalue weighted by Gasteiger charge is 2.46. The van der Waals surface area contributed by atoms with Gasteiger partial charge in [0.2, 0.25) is 0 Å². The Bertz CT molecular complexity index is 314. The molecule has 1 aliphatic carbocycles. The highest BCUT2D eigenvalue weighted by atomic mass is 32.2. The van der Waals surface area contributed by atoms with Crippen LogP contribution in [-0.4, -0.2) is 57.1 Å². The van der Waals surface area contributed by atoms with Crippen molar-refractivity contribution < 1.29 is 15.3 Å². The van der Waals surface area contributed by atoms with Gasteiger partial charge in [-0.3, -0.25) is 4.99 Å². The van der Waals surface area contributed by atoms with Crippen molar-refractivity contribution in [2.45, 2.75) is 49.7 Å². The molecule has 0 bridgehead atoms. The first-order valence-electron chi connectivity index (χ1n) is 6.62. The Morgan fingerprint density at radius 3 is 2.83 bits per heavy atom.